The molecule has 2 aromatic rings. The second kappa shape index (κ2) is 9.94. The first-order valence-electron chi connectivity index (χ1n) is 12.1. The highest BCUT2D eigenvalue weighted by Crippen LogP contribution is 2.38. The molecule has 2 fully saturated rings. The van der Waals surface area contributed by atoms with Crippen LogP contribution in [0.15, 0.2) is 60.0 Å². The van der Waals surface area contributed by atoms with Crippen LogP contribution in [0.2, 0.25) is 0 Å². The van der Waals surface area contributed by atoms with E-state index in [-0.39, 0.29) is 41.4 Å². The van der Waals surface area contributed by atoms with Crippen LogP contribution < -0.4 is 16.0 Å². The molecular weight excluding hydrogens is 444 g/mol. The summed E-state index contributed by atoms with van der Waals surface area (Å²) in [5.41, 5.74) is 4.64. The Bertz CT molecular complexity index is 1070. The summed E-state index contributed by atoms with van der Waals surface area (Å²) in [5.74, 6) is 0.0421. The maximum atomic E-state index is 13.1. The zero-order valence-electron chi connectivity index (χ0n) is 19.7. The molecule has 2 aromatic carbocycles. The Labute approximate surface area is 205 Å². The molecule has 0 bridgehead atoms. The minimum absolute atomic E-state index is 0.0324. The Morgan fingerprint density at radius 3 is 2.68 bits per heavy atom. The van der Waals surface area contributed by atoms with E-state index in [0.29, 0.717) is 6.54 Å². The van der Waals surface area contributed by atoms with E-state index in [4.69, 9.17) is 0 Å². The molecule has 2 saturated heterocycles. The Hall–Kier alpha value is -2.61. The number of piperidine rings is 1. The number of carbonyl (C=O) groups excluding carboxylic acids is 2. The molecule has 5 atom stereocenters. The molecule has 0 saturated carbocycles. The van der Waals surface area contributed by atoms with E-state index in [1.165, 1.54) is 5.56 Å². The quantitative estimate of drug-likeness (QED) is 0.617. The molecule has 3 heterocycles. The third-order valence-electron chi connectivity index (χ3n) is 7.09. The predicted molar refractivity (Wildman–Crippen MR) is 137 cm³/mol. The Morgan fingerprint density at radius 2 is 1.91 bits per heavy atom. The molecule has 3 aliphatic heterocycles. The molecule has 2 amide bonds. The van der Waals surface area contributed by atoms with Crippen molar-refractivity contribution < 1.29 is 9.59 Å². The highest BCUT2D eigenvalue weighted by Gasteiger charge is 2.44. The lowest BCUT2D eigenvalue weighted by Gasteiger charge is -2.43. The van der Waals surface area contributed by atoms with Gasteiger partial charge in [0.25, 0.3) is 0 Å². The topological polar surface area (TPSA) is 73.5 Å². The van der Waals surface area contributed by atoms with Gasteiger partial charge in [0.2, 0.25) is 11.8 Å². The van der Waals surface area contributed by atoms with Crippen LogP contribution in [0.5, 0.6) is 0 Å². The summed E-state index contributed by atoms with van der Waals surface area (Å²) < 4.78 is 0. The summed E-state index contributed by atoms with van der Waals surface area (Å²) in [4.78, 5) is 28.2. The second-order valence-electron chi connectivity index (χ2n) is 9.53. The zero-order valence-corrected chi connectivity index (χ0v) is 20.5. The molecule has 3 aliphatic rings. The summed E-state index contributed by atoms with van der Waals surface area (Å²) >= 11 is 1.58. The maximum absolute atomic E-state index is 13.1. The predicted octanol–water partition coefficient (Wildman–Crippen LogP) is 3.41. The molecule has 0 radical (unpaired) electrons. The van der Waals surface area contributed by atoms with Gasteiger partial charge >= 0.3 is 0 Å². The molecule has 6 nitrogen and oxygen atoms in total. The van der Waals surface area contributed by atoms with Crippen LogP contribution in [-0.2, 0) is 9.59 Å². The molecule has 3 N–H and O–H groups in total. The van der Waals surface area contributed by atoms with Crippen molar-refractivity contribution in [2.75, 3.05) is 13.1 Å². The molecule has 0 spiro atoms. The van der Waals surface area contributed by atoms with Crippen LogP contribution in [0.3, 0.4) is 0 Å². The first-order chi connectivity index (χ1) is 16.5. The Morgan fingerprint density at radius 1 is 1.15 bits per heavy atom. The summed E-state index contributed by atoms with van der Waals surface area (Å²) in [7, 11) is 0. The highest BCUT2D eigenvalue weighted by molar-refractivity contribution is 8.04. The van der Waals surface area contributed by atoms with Crippen molar-refractivity contribution in [3.8, 4) is 0 Å². The third-order valence-corrected chi connectivity index (χ3v) is 8.26. The van der Waals surface area contributed by atoms with E-state index < -0.39 is 0 Å². The van der Waals surface area contributed by atoms with Gasteiger partial charge in [0.1, 0.15) is 11.5 Å². The van der Waals surface area contributed by atoms with Crippen molar-refractivity contribution in [1.29, 1.82) is 0 Å². The minimum atomic E-state index is -0.275. The van der Waals surface area contributed by atoms with Crippen molar-refractivity contribution >= 4 is 29.1 Å². The first kappa shape index (κ1) is 23.1. The number of nitrogens with zero attached hydrogens (tertiary/aromatic N) is 1. The number of benzene rings is 2. The monoisotopic (exact) mass is 476 g/mol. The van der Waals surface area contributed by atoms with Gasteiger partial charge in [-0.15, -0.1) is 11.8 Å². The Balaban J connectivity index is 1.24. The van der Waals surface area contributed by atoms with E-state index in [2.05, 4.69) is 57.4 Å². The van der Waals surface area contributed by atoms with Crippen molar-refractivity contribution in [3.05, 3.63) is 76.7 Å². The van der Waals surface area contributed by atoms with Crippen molar-refractivity contribution in [1.82, 2.24) is 20.9 Å². The molecule has 7 heteroatoms. The fraction of sp³-hybridized carbons (Fsp3) is 0.407. The van der Waals surface area contributed by atoms with E-state index in [9.17, 15) is 9.59 Å². The molecule has 5 unspecified atom stereocenters. The standard InChI is InChI=1S/C27H32N4O2S/c1-17-10-12-20(13-11-17)22-16-34-24-23(22)29-27(30-26(24)33)31-14-6-9-21(15-31)25(32)28-18(2)19-7-4-3-5-8-19/h3-5,7-8,10-13,16,18,21,23-24,27,29H,6,9,14-15H2,1-2H3,(H,28,32)(H,30,33). The average Bonchev–Trinajstić information content (AvgIpc) is 3.30. The lowest BCUT2D eigenvalue weighted by atomic mass is 9.94. The van der Waals surface area contributed by atoms with Gasteiger partial charge in [-0.05, 0) is 48.8 Å². The number of hydrogen-bond donors (Lipinski definition) is 3. The fourth-order valence-electron chi connectivity index (χ4n) is 5.08. The number of likely N-dealkylation sites (tertiary alicyclic amines) is 1. The van der Waals surface area contributed by atoms with Crippen LogP contribution >= 0.6 is 11.8 Å². The summed E-state index contributed by atoms with van der Waals surface area (Å²) in [6.45, 7) is 5.58. The van der Waals surface area contributed by atoms with Gasteiger partial charge in [-0.25, -0.2) is 0 Å². The number of fused-ring (bicyclic) bond motifs is 1. The third kappa shape index (κ3) is 4.78. The number of hydrogen-bond acceptors (Lipinski definition) is 5. The van der Waals surface area contributed by atoms with E-state index in [1.807, 2.05) is 37.3 Å². The van der Waals surface area contributed by atoms with Gasteiger partial charge in [-0.2, -0.15) is 0 Å². The van der Waals surface area contributed by atoms with Crippen molar-refractivity contribution in [2.45, 2.75) is 50.3 Å². The van der Waals surface area contributed by atoms with Crippen LogP contribution in [-0.4, -0.2) is 47.4 Å². The molecule has 5 rings (SSSR count). The molecular formula is C27H32N4O2S. The van der Waals surface area contributed by atoms with E-state index >= 15 is 0 Å². The first-order valence-corrected chi connectivity index (χ1v) is 13.0. The number of rotatable bonds is 5. The zero-order chi connectivity index (χ0) is 23.7. The largest absolute Gasteiger partial charge is 0.349 e. The maximum Gasteiger partial charge on any atom is 0.237 e. The van der Waals surface area contributed by atoms with Crippen molar-refractivity contribution in [3.63, 3.8) is 0 Å². The Kier molecular flexibility index (Phi) is 6.77. The molecule has 0 aromatic heterocycles. The molecule has 34 heavy (non-hydrogen) atoms. The number of carbonyl (C=O) groups is 2. The lowest BCUT2D eigenvalue weighted by Crippen LogP contribution is -2.69. The lowest BCUT2D eigenvalue weighted by molar-refractivity contribution is -0.129. The van der Waals surface area contributed by atoms with E-state index in [0.717, 1.165) is 36.1 Å². The van der Waals surface area contributed by atoms with Gasteiger partial charge in [0, 0.05) is 13.1 Å². The second-order valence-corrected chi connectivity index (χ2v) is 10.5. The molecule has 0 aliphatic carbocycles. The number of aryl methyl sites for hydroxylation is 1. The fourth-order valence-corrected chi connectivity index (χ4v) is 6.23. The summed E-state index contributed by atoms with van der Waals surface area (Å²) in [5, 5.41) is 12.0. The smallest absolute Gasteiger partial charge is 0.237 e. The van der Waals surface area contributed by atoms with Gasteiger partial charge in [0.15, 0.2) is 0 Å². The minimum Gasteiger partial charge on any atom is -0.349 e. The van der Waals surface area contributed by atoms with Crippen molar-refractivity contribution in [2.24, 2.45) is 5.92 Å². The van der Waals surface area contributed by atoms with Gasteiger partial charge < -0.3 is 10.6 Å². The number of thioether (sulfide) groups is 1. The van der Waals surface area contributed by atoms with Crippen LogP contribution in [0, 0.1) is 12.8 Å². The van der Waals surface area contributed by atoms with Gasteiger partial charge in [0.05, 0.1) is 18.0 Å². The SMILES string of the molecule is Cc1ccc(C2=CSC3C(=O)NC(N4CCCC(C(=O)NC(C)c5ccccc5)C4)NC23)cc1. The van der Waals surface area contributed by atoms with Crippen LogP contribution in [0.25, 0.3) is 5.57 Å². The number of amides is 2. The van der Waals surface area contributed by atoms with Gasteiger partial charge in [-0.3, -0.25) is 19.8 Å². The van der Waals surface area contributed by atoms with E-state index in [1.54, 1.807) is 11.8 Å². The normalized spacial score (nSPS) is 27.9. The van der Waals surface area contributed by atoms with Crippen LogP contribution in [0.1, 0.15) is 42.5 Å². The van der Waals surface area contributed by atoms with Gasteiger partial charge in [-0.1, -0.05) is 60.2 Å². The van der Waals surface area contributed by atoms with Crippen LogP contribution in [0.4, 0.5) is 0 Å². The number of nitrogens with one attached hydrogen (secondary N) is 3. The molecule has 178 valence electrons. The summed E-state index contributed by atoms with van der Waals surface area (Å²) in [6.07, 6.45) is 1.51. The average molecular weight is 477 g/mol. The summed E-state index contributed by atoms with van der Waals surface area (Å²) in [6, 6.07) is 18.4. The highest BCUT2D eigenvalue weighted by atomic mass is 32.2.